The zero-order valence-electron chi connectivity index (χ0n) is 13.3. The molecule has 24 heavy (non-hydrogen) atoms. The molecule has 1 aromatic heterocycles. The molecule has 0 amide bonds. The first-order chi connectivity index (χ1) is 11.6. The van der Waals surface area contributed by atoms with Crippen molar-refractivity contribution in [3.63, 3.8) is 0 Å². The van der Waals surface area contributed by atoms with Gasteiger partial charge in [0.15, 0.2) is 9.84 Å². The van der Waals surface area contributed by atoms with Crippen molar-refractivity contribution in [1.29, 1.82) is 0 Å². The topological polar surface area (TPSA) is 59.5 Å². The summed E-state index contributed by atoms with van der Waals surface area (Å²) in [4.78, 5) is 6.30. The lowest BCUT2D eigenvalue weighted by atomic mass is 10.1. The summed E-state index contributed by atoms with van der Waals surface area (Å²) >= 11 is 0. The molecule has 0 aliphatic carbocycles. The van der Waals surface area contributed by atoms with Gasteiger partial charge in [-0.15, -0.1) is 0 Å². The minimum atomic E-state index is -2.89. The predicted octanol–water partition coefficient (Wildman–Crippen LogP) is 2.49. The number of sulfone groups is 1. The quantitative estimate of drug-likeness (QED) is 0.853. The number of nitrogens with zero attached hydrogens (tertiary/aromatic N) is 2. The molecule has 0 radical (unpaired) electrons. The van der Waals surface area contributed by atoms with Gasteiger partial charge in [0.1, 0.15) is 11.5 Å². The van der Waals surface area contributed by atoms with E-state index >= 15 is 0 Å². The van der Waals surface area contributed by atoms with Gasteiger partial charge in [0.25, 0.3) is 0 Å². The van der Waals surface area contributed by atoms with Crippen molar-refractivity contribution in [3.8, 4) is 11.5 Å². The van der Waals surface area contributed by atoms with Gasteiger partial charge in [0, 0.05) is 31.4 Å². The highest BCUT2D eigenvalue weighted by molar-refractivity contribution is 7.92. The molecule has 2 aromatic rings. The van der Waals surface area contributed by atoms with E-state index in [2.05, 4.69) is 9.88 Å². The molecule has 0 saturated carbocycles. The minimum absolute atomic E-state index is 0.177. The fourth-order valence-corrected chi connectivity index (χ4v) is 5.90. The molecule has 2 fully saturated rings. The Balaban J connectivity index is 1.50. The summed E-state index contributed by atoms with van der Waals surface area (Å²) in [6, 6.07) is 11.6. The third kappa shape index (κ3) is 3.03. The summed E-state index contributed by atoms with van der Waals surface area (Å²) in [5.41, 5.74) is 1.07. The largest absolute Gasteiger partial charge is 0.455 e. The Morgan fingerprint density at radius 1 is 1.17 bits per heavy atom. The van der Waals surface area contributed by atoms with Gasteiger partial charge < -0.3 is 4.74 Å². The molecule has 0 spiro atoms. The van der Waals surface area contributed by atoms with Gasteiger partial charge in [-0.25, -0.2) is 8.42 Å². The van der Waals surface area contributed by atoms with E-state index in [-0.39, 0.29) is 5.25 Å². The molecule has 6 heteroatoms. The minimum Gasteiger partial charge on any atom is -0.455 e. The second kappa shape index (κ2) is 6.18. The summed E-state index contributed by atoms with van der Waals surface area (Å²) in [7, 11) is -2.89. The maximum absolute atomic E-state index is 12.1. The van der Waals surface area contributed by atoms with E-state index in [1.54, 1.807) is 12.4 Å². The van der Waals surface area contributed by atoms with Crippen molar-refractivity contribution in [2.75, 3.05) is 18.8 Å². The fraction of sp³-hybridized carbons (Fsp3) is 0.389. The van der Waals surface area contributed by atoms with Crippen molar-refractivity contribution in [2.24, 2.45) is 5.92 Å². The standard InChI is InChI=1S/C18H20N2O3S/c21-24(22)9-7-15-12-20(13-18(15)24)11-14-4-1-2-6-17(14)23-16-5-3-8-19-10-16/h1-6,8,10,15,18H,7,9,11-13H2/t15-,18+/m0/s1. The molecule has 126 valence electrons. The molecule has 2 atom stereocenters. The molecular formula is C18H20N2O3S. The monoisotopic (exact) mass is 344 g/mol. The summed E-state index contributed by atoms with van der Waals surface area (Å²) < 4.78 is 30.1. The highest BCUT2D eigenvalue weighted by Crippen LogP contribution is 2.35. The van der Waals surface area contributed by atoms with Crippen LogP contribution in [0.25, 0.3) is 0 Å². The molecule has 2 saturated heterocycles. The Morgan fingerprint density at radius 2 is 2.04 bits per heavy atom. The maximum Gasteiger partial charge on any atom is 0.154 e. The normalized spacial score (nSPS) is 25.5. The fourth-order valence-electron chi connectivity index (χ4n) is 3.72. The van der Waals surface area contributed by atoms with Crippen molar-refractivity contribution < 1.29 is 13.2 Å². The predicted molar refractivity (Wildman–Crippen MR) is 91.7 cm³/mol. The van der Waals surface area contributed by atoms with Crippen LogP contribution in [-0.4, -0.2) is 42.4 Å². The summed E-state index contributed by atoms with van der Waals surface area (Å²) in [6.45, 7) is 2.19. The third-order valence-electron chi connectivity index (χ3n) is 4.92. The number of ether oxygens (including phenoxy) is 1. The molecule has 3 heterocycles. The van der Waals surface area contributed by atoms with Crippen LogP contribution in [0, 0.1) is 5.92 Å². The van der Waals surface area contributed by atoms with E-state index in [9.17, 15) is 8.42 Å². The second-order valence-corrected chi connectivity index (χ2v) is 8.89. The molecule has 0 unspecified atom stereocenters. The van der Waals surface area contributed by atoms with E-state index in [1.807, 2.05) is 36.4 Å². The number of likely N-dealkylation sites (tertiary alicyclic amines) is 1. The molecule has 2 aliphatic rings. The average molecular weight is 344 g/mol. The number of para-hydroxylation sites is 1. The van der Waals surface area contributed by atoms with E-state index in [1.165, 1.54) is 0 Å². The van der Waals surface area contributed by atoms with Crippen LogP contribution in [0.2, 0.25) is 0 Å². The van der Waals surface area contributed by atoms with Crippen LogP contribution in [0.1, 0.15) is 12.0 Å². The van der Waals surface area contributed by atoms with Crippen molar-refractivity contribution in [1.82, 2.24) is 9.88 Å². The van der Waals surface area contributed by atoms with Gasteiger partial charge in [0.05, 0.1) is 17.2 Å². The Hall–Kier alpha value is -1.92. The van der Waals surface area contributed by atoms with Crippen molar-refractivity contribution in [3.05, 3.63) is 54.4 Å². The number of aromatic nitrogens is 1. The molecule has 0 bridgehead atoms. The first-order valence-electron chi connectivity index (χ1n) is 8.21. The van der Waals surface area contributed by atoms with Crippen LogP contribution in [0.15, 0.2) is 48.8 Å². The number of rotatable bonds is 4. The molecule has 5 nitrogen and oxygen atoms in total. The lowest BCUT2D eigenvalue weighted by Gasteiger charge is -2.19. The SMILES string of the molecule is O=S1(=O)CC[C@H]2CN(Cc3ccccc3Oc3cccnc3)C[C@H]21. The smallest absolute Gasteiger partial charge is 0.154 e. The number of hydrogen-bond donors (Lipinski definition) is 0. The number of hydrogen-bond acceptors (Lipinski definition) is 5. The van der Waals surface area contributed by atoms with Crippen LogP contribution in [-0.2, 0) is 16.4 Å². The zero-order chi connectivity index (χ0) is 16.6. The van der Waals surface area contributed by atoms with Gasteiger partial charge >= 0.3 is 0 Å². The molecule has 1 aromatic carbocycles. The molecule has 0 N–H and O–H groups in total. The number of pyridine rings is 1. The van der Waals surface area contributed by atoms with E-state index < -0.39 is 9.84 Å². The van der Waals surface area contributed by atoms with Crippen LogP contribution >= 0.6 is 0 Å². The van der Waals surface area contributed by atoms with Crippen molar-refractivity contribution in [2.45, 2.75) is 18.2 Å². The summed E-state index contributed by atoms with van der Waals surface area (Å²) in [6.07, 6.45) is 4.20. The first-order valence-corrected chi connectivity index (χ1v) is 9.93. The van der Waals surface area contributed by atoms with Crippen molar-refractivity contribution >= 4 is 9.84 Å². The molecular weight excluding hydrogens is 324 g/mol. The van der Waals surface area contributed by atoms with Crippen LogP contribution in [0.3, 0.4) is 0 Å². The van der Waals surface area contributed by atoms with Gasteiger partial charge in [-0.2, -0.15) is 0 Å². The molecule has 2 aliphatic heterocycles. The van der Waals surface area contributed by atoms with E-state index in [0.717, 1.165) is 24.3 Å². The first kappa shape index (κ1) is 15.6. The van der Waals surface area contributed by atoms with Gasteiger partial charge in [-0.3, -0.25) is 9.88 Å². The second-order valence-electron chi connectivity index (χ2n) is 6.55. The van der Waals surface area contributed by atoms with Crippen LogP contribution < -0.4 is 4.74 Å². The third-order valence-corrected chi connectivity index (χ3v) is 7.18. The maximum atomic E-state index is 12.1. The molecule has 4 rings (SSSR count). The highest BCUT2D eigenvalue weighted by Gasteiger charge is 2.46. The van der Waals surface area contributed by atoms with Crippen LogP contribution in [0.5, 0.6) is 11.5 Å². The Bertz CT molecular complexity index is 823. The summed E-state index contributed by atoms with van der Waals surface area (Å²) in [5, 5.41) is -0.177. The highest BCUT2D eigenvalue weighted by atomic mass is 32.2. The zero-order valence-corrected chi connectivity index (χ0v) is 14.2. The number of benzene rings is 1. The van der Waals surface area contributed by atoms with E-state index in [4.69, 9.17) is 4.74 Å². The van der Waals surface area contributed by atoms with Gasteiger partial charge in [-0.05, 0) is 30.5 Å². The average Bonchev–Trinajstić information content (AvgIpc) is 3.11. The van der Waals surface area contributed by atoms with Crippen LogP contribution in [0.4, 0.5) is 0 Å². The number of fused-ring (bicyclic) bond motifs is 1. The van der Waals surface area contributed by atoms with Gasteiger partial charge in [0.2, 0.25) is 0 Å². The summed E-state index contributed by atoms with van der Waals surface area (Å²) in [5.74, 6) is 2.15. The Labute approximate surface area is 142 Å². The Morgan fingerprint density at radius 3 is 2.83 bits per heavy atom. The lowest BCUT2D eigenvalue weighted by Crippen LogP contribution is -2.26. The lowest BCUT2D eigenvalue weighted by molar-refractivity contribution is 0.309. The van der Waals surface area contributed by atoms with E-state index in [0.29, 0.717) is 30.5 Å². The Kier molecular flexibility index (Phi) is 4.02. The van der Waals surface area contributed by atoms with Gasteiger partial charge in [-0.1, -0.05) is 18.2 Å².